The minimum Gasteiger partial charge on any atom is -0.399 e. The van der Waals surface area contributed by atoms with Gasteiger partial charge in [-0.3, -0.25) is 0 Å². The Kier molecular flexibility index (Phi) is 3.88. The highest BCUT2D eigenvalue weighted by molar-refractivity contribution is 7.89. The Hall–Kier alpha value is -1.44. The molecule has 1 heterocycles. The van der Waals surface area contributed by atoms with Gasteiger partial charge in [-0.25, -0.2) is 13.4 Å². The van der Waals surface area contributed by atoms with E-state index in [1.165, 1.54) is 27.8 Å². The highest BCUT2D eigenvalue weighted by Crippen LogP contribution is 2.18. The molecular weight excluding hydrogens is 282 g/mol. The molecule has 0 saturated heterocycles. The van der Waals surface area contributed by atoms with Crippen LogP contribution in [-0.2, 0) is 16.6 Å². The van der Waals surface area contributed by atoms with Crippen molar-refractivity contribution in [1.82, 2.24) is 9.29 Å². The second-order valence-corrected chi connectivity index (χ2v) is 7.30. The third kappa shape index (κ3) is 3.12. The molecule has 7 heteroatoms. The lowest BCUT2D eigenvalue weighted by atomic mass is 10.3. The van der Waals surface area contributed by atoms with E-state index in [9.17, 15) is 8.42 Å². The van der Waals surface area contributed by atoms with Crippen LogP contribution in [0, 0.1) is 6.92 Å². The maximum absolute atomic E-state index is 12.3. The molecule has 1 aromatic heterocycles. The molecule has 0 spiro atoms. The summed E-state index contributed by atoms with van der Waals surface area (Å²) in [6, 6.07) is 6.17. The van der Waals surface area contributed by atoms with Crippen LogP contribution in [0.2, 0.25) is 0 Å². The van der Waals surface area contributed by atoms with Gasteiger partial charge in [0.05, 0.1) is 22.1 Å². The SMILES string of the molecule is Cc1nc(CN(C)S(=O)(=O)c2ccc(N)cc2)cs1. The molecule has 19 heavy (non-hydrogen) atoms. The second kappa shape index (κ2) is 5.28. The maximum atomic E-state index is 12.3. The first-order chi connectivity index (χ1) is 8.89. The van der Waals surface area contributed by atoms with E-state index in [4.69, 9.17) is 5.73 Å². The number of nitrogens with two attached hydrogens (primary N) is 1. The van der Waals surface area contributed by atoms with E-state index in [0.29, 0.717) is 5.69 Å². The summed E-state index contributed by atoms with van der Waals surface area (Å²) in [7, 11) is -1.96. The normalized spacial score (nSPS) is 11.9. The van der Waals surface area contributed by atoms with Gasteiger partial charge in [0.1, 0.15) is 0 Å². The minimum atomic E-state index is -3.50. The van der Waals surface area contributed by atoms with Gasteiger partial charge in [0.15, 0.2) is 0 Å². The Labute approximate surface area is 116 Å². The van der Waals surface area contributed by atoms with Gasteiger partial charge >= 0.3 is 0 Å². The first-order valence-corrected chi connectivity index (χ1v) is 7.94. The van der Waals surface area contributed by atoms with E-state index < -0.39 is 10.0 Å². The Balaban J connectivity index is 2.21. The molecule has 0 bridgehead atoms. The Morgan fingerprint density at radius 3 is 2.47 bits per heavy atom. The lowest BCUT2D eigenvalue weighted by Crippen LogP contribution is -2.26. The first kappa shape index (κ1) is 14.0. The van der Waals surface area contributed by atoms with Crippen LogP contribution >= 0.6 is 11.3 Å². The molecule has 0 unspecified atom stereocenters. The number of aromatic nitrogens is 1. The molecule has 0 aliphatic heterocycles. The van der Waals surface area contributed by atoms with Crippen LogP contribution in [0.3, 0.4) is 0 Å². The van der Waals surface area contributed by atoms with E-state index in [1.807, 2.05) is 12.3 Å². The molecule has 1 aromatic carbocycles. The molecule has 0 amide bonds. The fourth-order valence-corrected chi connectivity index (χ4v) is 3.36. The number of thiazole rings is 1. The average Bonchev–Trinajstić information content (AvgIpc) is 2.75. The van der Waals surface area contributed by atoms with Gasteiger partial charge in [0.2, 0.25) is 10.0 Å². The molecule has 0 radical (unpaired) electrons. The van der Waals surface area contributed by atoms with Crippen LogP contribution in [0.1, 0.15) is 10.7 Å². The number of hydrogen-bond donors (Lipinski definition) is 1. The van der Waals surface area contributed by atoms with Crippen molar-refractivity contribution in [3.8, 4) is 0 Å². The van der Waals surface area contributed by atoms with Crippen LogP contribution in [0.5, 0.6) is 0 Å². The number of rotatable bonds is 4. The van der Waals surface area contributed by atoms with Gasteiger partial charge in [0, 0.05) is 18.1 Å². The highest BCUT2D eigenvalue weighted by atomic mass is 32.2. The second-order valence-electron chi connectivity index (χ2n) is 4.19. The molecule has 0 aliphatic rings. The maximum Gasteiger partial charge on any atom is 0.243 e. The molecule has 2 aromatic rings. The van der Waals surface area contributed by atoms with E-state index >= 15 is 0 Å². The zero-order chi connectivity index (χ0) is 14.0. The topological polar surface area (TPSA) is 76.3 Å². The lowest BCUT2D eigenvalue weighted by molar-refractivity contribution is 0.463. The van der Waals surface area contributed by atoms with Crippen LogP contribution in [0.15, 0.2) is 34.5 Å². The van der Waals surface area contributed by atoms with E-state index in [0.717, 1.165) is 10.7 Å². The van der Waals surface area contributed by atoms with Gasteiger partial charge in [-0.15, -0.1) is 11.3 Å². The molecule has 2 N–H and O–H groups in total. The van der Waals surface area contributed by atoms with Gasteiger partial charge in [-0.2, -0.15) is 4.31 Å². The summed E-state index contributed by atoms with van der Waals surface area (Å²) in [6.45, 7) is 2.15. The fourth-order valence-electron chi connectivity index (χ4n) is 1.61. The number of nitrogen functional groups attached to an aromatic ring is 1. The highest BCUT2D eigenvalue weighted by Gasteiger charge is 2.21. The minimum absolute atomic E-state index is 0.233. The van der Waals surface area contributed by atoms with Gasteiger partial charge in [-0.05, 0) is 31.2 Å². The summed E-state index contributed by atoms with van der Waals surface area (Å²) >= 11 is 1.51. The molecule has 0 saturated carbocycles. The first-order valence-electron chi connectivity index (χ1n) is 5.62. The van der Waals surface area contributed by atoms with Gasteiger partial charge < -0.3 is 5.73 Å². The standard InChI is InChI=1S/C12H15N3O2S2/c1-9-14-11(8-18-9)7-15(2)19(16,17)12-5-3-10(13)4-6-12/h3-6,8H,7,13H2,1-2H3. The monoisotopic (exact) mass is 297 g/mol. The van der Waals surface area contributed by atoms with Crippen LogP contribution < -0.4 is 5.73 Å². The fraction of sp³-hybridized carbons (Fsp3) is 0.250. The van der Waals surface area contributed by atoms with E-state index in [-0.39, 0.29) is 11.4 Å². The number of benzene rings is 1. The third-order valence-electron chi connectivity index (χ3n) is 2.64. The summed E-state index contributed by atoms with van der Waals surface area (Å²) < 4.78 is 25.9. The number of sulfonamides is 1. The van der Waals surface area contributed by atoms with Crippen molar-refractivity contribution in [2.75, 3.05) is 12.8 Å². The van der Waals surface area contributed by atoms with Crippen molar-refractivity contribution in [3.05, 3.63) is 40.3 Å². The summed E-state index contributed by atoms with van der Waals surface area (Å²) in [4.78, 5) is 4.50. The number of hydrogen-bond acceptors (Lipinski definition) is 5. The largest absolute Gasteiger partial charge is 0.399 e. The summed E-state index contributed by atoms with van der Waals surface area (Å²) in [5.41, 5.74) is 6.85. The molecule has 2 rings (SSSR count). The summed E-state index contributed by atoms with van der Waals surface area (Å²) in [6.07, 6.45) is 0. The molecule has 0 atom stereocenters. The Bertz CT molecular complexity index is 663. The van der Waals surface area contributed by atoms with Crippen LogP contribution in [-0.4, -0.2) is 24.8 Å². The van der Waals surface area contributed by atoms with Crippen molar-refractivity contribution < 1.29 is 8.42 Å². The summed E-state index contributed by atoms with van der Waals surface area (Å²) in [5.74, 6) is 0. The van der Waals surface area contributed by atoms with Crippen molar-refractivity contribution in [3.63, 3.8) is 0 Å². The van der Waals surface area contributed by atoms with Crippen molar-refractivity contribution in [2.45, 2.75) is 18.4 Å². The zero-order valence-corrected chi connectivity index (χ0v) is 12.3. The van der Waals surface area contributed by atoms with Crippen molar-refractivity contribution in [2.24, 2.45) is 0 Å². The Morgan fingerprint density at radius 2 is 1.95 bits per heavy atom. The molecule has 0 aliphatic carbocycles. The zero-order valence-electron chi connectivity index (χ0n) is 10.7. The predicted molar refractivity (Wildman–Crippen MR) is 76.4 cm³/mol. The number of aryl methyl sites for hydroxylation is 1. The van der Waals surface area contributed by atoms with Crippen molar-refractivity contribution in [1.29, 1.82) is 0 Å². The molecule has 0 fully saturated rings. The smallest absolute Gasteiger partial charge is 0.243 e. The van der Waals surface area contributed by atoms with E-state index in [2.05, 4.69) is 4.98 Å². The third-order valence-corrected chi connectivity index (χ3v) is 5.28. The molecule has 102 valence electrons. The van der Waals surface area contributed by atoms with Gasteiger partial charge in [0.25, 0.3) is 0 Å². The average molecular weight is 297 g/mol. The van der Waals surface area contributed by atoms with Crippen molar-refractivity contribution >= 4 is 27.0 Å². The lowest BCUT2D eigenvalue weighted by Gasteiger charge is -2.16. The molecular formula is C12H15N3O2S2. The number of anilines is 1. The van der Waals surface area contributed by atoms with Crippen LogP contribution in [0.25, 0.3) is 0 Å². The van der Waals surface area contributed by atoms with Crippen LogP contribution in [0.4, 0.5) is 5.69 Å². The quantitative estimate of drug-likeness (QED) is 0.874. The van der Waals surface area contributed by atoms with E-state index in [1.54, 1.807) is 19.2 Å². The number of nitrogens with zero attached hydrogens (tertiary/aromatic N) is 2. The Morgan fingerprint density at radius 1 is 1.32 bits per heavy atom. The molecule has 5 nitrogen and oxygen atoms in total. The predicted octanol–water partition coefficient (Wildman–Crippen LogP) is 1.85. The van der Waals surface area contributed by atoms with Gasteiger partial charge in [-0.1, -0.05) is 0 Å². The summed E-state index contributed by atoms with van der Waals surface area (Å²) in [5, 5.41) is 2.79.